The highest BCUT2D eigenvalue weighted by atomic mass is 32.2. The van der Waals surface area contributed by atoms with E-state index in [1.54, 1.807) is 42.6 Å². The van der Waals surface area contributed by atoms with Crippen LogP contribution < -0.4 is 5.14 Å². The summed E-state index contributed by atoms with van der Waals surface area (Å²) in [6, 6.07) is 9.70. The van der Waals surface area contributed by atoms with Crippen molar-refractivity contribution < 1.29 is 26.7 Å². The third-order valence-corrected chi connectivity index (χ3v) is 8.05. The van der Waals surface area contributed by atoms with Crippen molar-refractivity contribution in [3.05, 3.63) is 60.2 Å². The second kappa shape index (κ2) is 8.85. The Morgan fingerprint density at radius 2 is 1.97 bits per heavy atom. The van der Waals surface area contributed by atoms with Crippen LogP contribution >= 0.6 is 0 Å². The molecule has 1 aromatic carbocycles. The highest BCUT2D eigenvalue weighted by Gasteiger charge is 2.57. The molecule has 2 aromatic rings. The van der Waals surface area contributed by atoms with E-state index < -0.39 is 39.6 Å². The molecule has 2 aliphatic carbocycles. The molecule has 178 valence electrons. The van der Waals surface area contributed by atoms with Crippen LogP contribution in [0.3, 0.4) is 0 Å². The van der Waals surface area contributed by atoms with E-state index in [2.05, 4.69) is 4.98 Å². The minimum atomic E-state index is -3.93. The van der Waals surface area contributed by atoms with Crippen LogP contribution in [0.15, 0.2) is 48.7 Å². The second-order valence-electron chi connectivity index (χ2n) is 9.42. The molecule has 2 aliphatic rings. The van der Waals surface area contributed by atoms with Crippen molar-refractivity contribution in [2.45, 2.75) is 31.6 Å². The van der Waals surface area contributed by atoms with Gasteiger partial charge in [-0.1, -0.05) is 24.3 Å². The number of allylic oxidation sites excluding steroid dienone is 1. The van der Waals surface area contributed by atoms with Crippen molar-refractivity contribution in [1.29, 1.82) is 0 Å². The number of aliphatic hydroxyl groups is 1. The Labute approximate surface area is 191 Å². The number of hydrogen-bond acceptors (Lipinski definition) is 4. The molecule has 0 radical (unpaired) electrons. The number of pyridine rings is 1. The molecule has 0 aliphatic heterocycles. The number of fused-ring (bicyclic) bond motifs is 1. The summed E-state index contributed by atoms with van der Waals surface area (Å²) in [6.45, 7) is -0.455. The lowest BCUT2D eigenvalue weighted by molar-refractivity contribution is -0.0659. The van der Waals surface area contributed by atoms with E-state index >= 15 is 0 Å². The third-order valence-electron chi connectivity index (χ3n) is 7.07. The molecule has 3 N–H and O–H groups in total. The number of primary sulfonamides is 1. The number of alkyl halides is 2. The van der Waals surface area contributed by atoms with Gasteiger partial charge in [-0.3, -0.25) is 4.98 Å². The predicted molar refractivity (Wildman–Crippen MR) is 120 cm³/mol. The van der Waals surface area contributed by atoms with E-state index in [1.165, 1.54) is 12.1 Å². The zero-order chi connectivity index (χ0) is 23.9. The van der Waals surface area contributed by atoms with Crippen LogP contribution in [0.4, 0.5) is 13.2 Å². The topological polar surface area (TPSA) is 93.3 Å². The Balaban J connectivity index is 1.61. The quantitative estimate of drug-likeness (QED) is 0.647. The average molecular weight is 481 g/mol. The molecule has 2 fully saturated rings. The first-order chi connectivity index (χ1) is 15.5. The smallest absolute Gasteiger partial charge is 0.248 e. The Kier molecular flexibility index (Phi) is 6.41. The van der Waals surface area contributed by atoms with Gasteiger partial charge in [0.05, 0.1) is 18.1 Å². The van der Waals surface area contributed by atoms with Gasteiger partial charge < -0.3 is 5.11 Å². The molecule has 5 nitrogen and oxygen atoms in total. The number of rotatable bonds is 6. The maximum atomic E-state index is 14.1. The SMILES string of the molecule is NS(=O)(=O)CC1(CO)C[C@@H]2CC(F)(F)CC[C@H]2[C@@H]1C=Cc1ccc(-c2cccc(F)c2)cn1. The molecule has 1 unspecified atom stereocenters. The number of nitrogens with zero attached hydrogens (tertiary/aromatic N) is 1. The van der Waals surface area contributed by atoms with Gasteiger partial charge >= 0.3 is 0 Å². The molecular weight excluding hydrogens is 453 g/mol. The lowest BCUT2D eigenvalue weighted by Crippen LogP contribution is -2.40. The van der Waals surface area contributed by atoms with Crippen LogP contribution in [0, 0.1) is 29.0 Å². The number of sulfonamides is 1. The molecule has 0 spiro atoms. The summed E-state index contributed by atoms with van der Waals surface area (Å²) in [5.74, 6) is -4.57. The normalized spacial score (nSPS) is 29.3. The number of halogens is 3. The molecule has 0 amide bonds. The van der Waals surface area contributed by atoms with Gasteiger partial charge in [0, 0.05) is 30.0 Å². The molecule has 33 heavy (non-hydrogen) atoms. The number of nitrogens with two attached hydrogens (primary N) is 1. The summed E-state index contributed by atoms with van der Waals surface area (Å²) in [7, 11) is -3.93. The van der Waals surface area contributed by atoms with E-state index in [-0.39, 0.29) is 43.3 Å². The summed E-state index contributed by atoms with van der Waals surface area (Å²) in [5, 5.41) is 15.5. The van der Waals surface area contributed by atoms with E-state index in [1.807, 2.05) is 0 Å². The van der Waals surface area contributed by atoms with Crippen molar-refractivity contribution in [2.75, 3.05) is 12.4 Å². The van der Waals surface area contributed by atoms with Crippen molar-refractivity contribution in [3.8, 4) is 11.1 Å². The summed E-state index contributed by atoms with van der Waals surface area (Å²) in [4.78, 5) is 4.39. The molecule has 1 heterocycles. The molecule has 4 atom stereocenters. The molecule has 1 aromatic heterocycles. The van der Waals surface area contributed by atoms with Crippen LogP contribution in [-0.2, 0) is 10.0 Å². The Morgan fingerprint density at radius 1 is 1.18 bits per heavy atom. The summed E-state index contributed by atoms with van der Waals surface area (Å²) >= 11 is 0. The lowest BCUT2D eigenvalue weighted by Gasteiger charge is -2.35. The van der Waals surface area contributed by atoms with Gasteiger partial charge in [-0.15, -0.1) is 0 Å². The van der Waals surface area contributed by atoms with E-state index in [4.69, 9.17) is 5.14 Å². The van der Waals surface area contributed by atoms with E-state index in [0.717, 1.165) is 5.56 Å². The van der Waals surface area contributed by atoms with Gasteiger partial charge in [-0.05, 0) is 60.4 Å². The summed E-state index contributed by atoms with van der Waals surface area (Å²) in [6.07, 6.45) is 5.00. The Morgan fingerprint density at radius 3 is 2.61 bits per heavy atom. The minimum Gasteiger partial charge on any atom is -0.396 e. The van der Waals surface area contributed by atoms with Crippen molar-refractivity contribution in [2.24, 2.45) is 28.3 Å². The fraction of sp³-hybridized carbons (Fsp3) is 0.458. The van der Waals surface area contributed by atoms with Crippen molar-refractivity contribution in [1.82, 2.24) is 4.98 Å². The van der Waals surface area contributed by atoms with Gasteiger partial charge in [0.1, 0.15) is 5.82 Å². The van der Waals surface area contributed by atoms with Gasteiger partial charge in [0.25, 0.3) is 0 Å². The van der Waals surface area contributed by atoms with Crippen molar-refractivity contribution in [3.63, 3.8) is 0 Å². The van der Waals surface area contributed by atoms with Gasteiger partial charge in [-0.25, -0.2) is 26.7 Å². The second-order valence-corrected chi connectivity index (χ2v) is 11.0. The average Bonchev–Trinajstić information content (AvgIpc) is 3.02. The third kappa shape index (κ3) is 5.31. The number of benzene rings is 1. The first-order valence-electron chi connectivity index (χ1n) is 10.9. The van der Waals surface area contributed by atoms with Gasteiger partial charge in [0.2, 0.25) is 15.9 Å². The zero-order valence-corrected chi connectivity index (χ0v) is 18.8. The van der Waals surface area contributed by atoms with E-state index in [9.17, 15) is 26.7 Å². The lowest BCUT2D eigenvalue weighted by atomic mass is 9.73. The van der Waals surface area contributed by atoms with Gasteiger partial charge in [-0.2, -0.15) is 0 Å². The molecule has 0 bridgehead atoms. The van der Waals surface area contributed by atoms with Crippen LogP contribution in [0.5, 0.6) is 0 Å². The Bertz CT molecular complexity index is 1140. The van der Waals surface area contributed by atoms with Crippen LogP contribution in [0.1, 0.15) is 31.4 Å². The molecule has 9 heteroatoms. The zero-order valence-electron chi connectivity index (χ0n) is 18.0. The van der Waals surface area contributed by atoms with Crippen molar-refractivity contribution >= 4 is 16.1 Å². The fourth-order valence-electron chi connectivity index (χ4n) is 5.72. The van der Waals surface area contributed by atoms with Crippen LogP contribution in [0.25, 0.3) is 17.2 Å². The highest BCUT2D eigenvalue weighted by Crippen LogP contribution is 2.58. The summed E-state index contributed by atoms with van der Waals surface area (Å²) < 4.78 is 65.5. The number of aromatic nitrogens is 1. The summed E-state index contributed by atoms with van der Waals surface area (Å²) in [5.41, 5.74) is 0.900. The van der Waals surface area contributed by atoms with Crippen LogP contribution in [0.2, 0.25) is 0 Å². The fourth-order valence-corrected chi connectivity index (χ4v) is 6.93. The molecule has 2 saturated carbocycles. The maximum Gasteiger partial charge on any atom is 0.248 e. The standard InChI is InChI=1S/C24H27F3N2O3S/c25-19-3-1-2-16(10-19)17-4-5-20(29-13-17)6-7-22-21-8-9-24(26,27)12-18(21)11-23(22,14-30)15-33(28,31)32/h1-7,10,13,18,21-22,30H,8-9,11-12,14-15H2,(H2,28,31,32)/t18-,21-,22+,23?/m1/s1. The Hall–Kier alpha value is -2.23. The maximum absolute atomic E-state index is 14.1. The molecule has 0 saturated heterocycles. The monoisotopic (exact) mass is 480 g/mol. The first kappa shape index (κ1) is 23.9. The van der Waals surface area contributed by atoms with E-state index in [0.29, 0.717) is 11.3 Å². The number of hydrogen-bond donors (Lipinski definition) is 2. The molecular formula is C24H27F3N2O3S. The van der Waals surface area contributed by atoms with Crippen LogP contribution in [-0.4, -0.2) is 36.8 Å². The number of aliphatic hydroxyl groups excluding tert-OH is 1. The molecule has 4 rings (SSSR count). The highest BCUT2D eigenvalue weighted by molar-refractivity contribution is 7.89. The first-order valence-corrected chi connectivity index (χ1v) is 12.6. The largest absolute Gasteiger partial charge is 0.396 e. The van der Waals surface area contributed by atoms with Gasteiger partial charge in [0.15, 0.2) is 0 Å². The predicted octanol–water partition coefficient (Wildman–Crippen LogP) is 4.24. The minimum absolute atomic E-state index is 0.165.